The lowest BCUT2D eigenvalue weighted by Crippen LogP contribution is -2.53. The number of carboxylic acids is 1. The van der Waals surface area contributed by atoms with Gasteiger partial charge in [0.2, 0.25) is 0 Å². The highest BCUT2D eigenvalue weighted by molar-refractivity contribution is 5.75. The molecular weight excluding hydrogens is 288 g/mol. The summed E-state index contributed by atoms with van der Waals surface area (Å²) in [5.41, 5.74) is 1.15. The third-order valence-electron chi connectivity index (χ3n) is 7.08. The fraction of sp³-hybridized carbons (Fsp3) is 0.750. The molecule has 0 aromatic heterocycles. The maximum atomic E-state index is 12.0. The fourth-order valence-corrected chi connectivity index (χ4v) is 5.60. The molecule has 0 aromatic carbocycles. The van der Waals surface area contributed by atoms with Crippen LogP contribution in [0.3, 0.4) is 0 Å². The molecule has 3 aliphatic carbocycles. The zero-order valence-corrected chi connectivity index (χ0v) is 14.9. The molecule has 3 aliphatic rings. The Kier molecular flexibility index (Phi) is 3.79. The van der Waals surface area contributed by atoms with E-state index < -0.39 is 17.0 Å². The van der Waals surface area contributed by atoms with Gasteiger partial charge in [0.15, 0.2) is 0 Å². The summed E-state index contributed by atoms with van der Waals surface area (Å²) in [6.07, 6.45) is 10.2. The third kappa shape index (κ3) is 2.48. The van der Waals surface area contributed by atoms with Crippen LogP contribution in [0, 0.1) is 22.7 Å². The molecule has 1 saturated carbocycles. The van der Waals surface area contributed by atoms with Crippen LogP contribution in [0.1, 0.15) is 66.2 Å². The van der Waals surface area contributed by atoms with Gasteiger partial charge < -0.3 is 10.2 Å². The monoisotopic (exact) mass is 318 g/mol. The van der Waals surface area contributed by atoms with Gasteiger partial charge in [-0.05, 0) is 81.3 Å². The zero-order chi connectivity index (χ0) is 17.0. The molecule has 1 fully saturated rings. The van der Waals surface area contributed by atoms with Crippen LogP contribution in [-0.4, -0.2) is 21.8 Å². The number of carbonyl (C=O) groups is 1. The van der Waals surface area contributed by atoms with E-state index in [1.807, 2.05) is 20.8 Å². The van der Waals surface area contributed by atoms with Gasteiger partial charge in [-0.1, -0.05) is 25.5 Å². The number of fused-ring (bicyclic) bond motifs is 3. The Hall–Kier alpha value is -1.09. The number of hydrogen-bond donors (Lipinski definition) is 2. The van der Waals surface area contributed by atoms with Gasteiger partial charge >= 0.3 is 5.97 Å². The highest BCUT2D eigenvalue weighted by Gasteiger charge is 2.57. The lowest BCUT2D eigenvalue weighted by molar-refractivity contribution is -0.162. The van der Waals surface area contributed by atoms with Gasteiger partial charge in [-0.25, -0.2) is 0 Å². The van der Waals surface area contributed by atoms with Crippen LogP contribution in [-0.2, 0) is 4.79 Å². The summed E-state index contributed by atoms with van der Waals surface area (Å²) in [5.74, 6) is 0.0206. The molecule has 4 atom stereocenters. The smallest absolute Gasteiger partial charge is 0.309 e. The molecule has 0 amide bonds. The van der Waals surface area contributed by atoms with Crippen molar-refractivity contribution in [2.75, 3.05) is 0 Å². The minimum Gasteiger partial charge on any atom is -0.481 e. The van der Waals surface area contributed by atoms with Crippen LogP contribution in [0.5, 0.6) is 0 Å². The molecule has 0 bridgehead atoms. The zero-order valence-electron chi connectivity index (χ0n) is 14.9. The van der Waals surface area contributed by atoms with Crippen LogP contribution >= 0.6 is 0 Å². The van der Waals surface area contributed by atoms with E-state index in [4.69, 9.17) is 0 Å². The maximum Gasteiger partial charge on any atom is 0.309 e. The highest BCUT2D eigenvalue weighted by Crippen LogP contribution is 2.62. The molecule has 0 saturated heterocycles. The molecule has 2 N–H and O–H groups in total. The second kappa shape index (κ2) is 5.20. The predicted molar refractivity (Wildman–Crippen MR) is 91.0 cm³/mol. The Morgan fingerprint density at radius 3 is 2.61 bits per heavy atom. The number of carboxylic acid groups (broad SMARTS) is 1. The Morgan fingerprint density at radius 2 is 2.00 bits per heavy atom. The van der Waals surface area contributed by atoms with E-state index in [9.17, 15) is 15.0 Å². The Balaban J connectivity index is 2.00. The minimum atomic E-state index is -0.758. The van der Waals surface area contributed by atoms with Gasteiger partial charge in [-0.15, -0.1) is 0 Å². The summed E-state index contributed by atoms with van der Waals surface area (Å²) in [6, 6.07) is 0. The summed E-state index contributed by atoms with van der Waals surface area (Å²) >= 11 is 0. The molecule has 0 aliphatic heterocycles. The lowest BCUT2D eigenvalue weighted by atomic mass is 9.47. The number of allylic oxidation sites excluding steroid dienone is 3. The van der Waals surface area contributed by atoms with Gasteiger partial charge in [-0.2, -0.15) is 0 Å². The first-order chi connectivity index (χ1) is 10.6. The quantitative estimate of drug-likeness (QED) is 0.797. The third-order valence-corrected chi connectivity index (χ3v) is 7.08. The number of aliphatic carboxylic acids is 1. The molecule has 0 spiro atoms. The Morgan fingerprint density at radius 1 is 1.30 bits per heavy atom. The molecule has 0 radical (unpaired) electrons. The van der Waals surface area contributed by atoms with E-state index in [1.165, 1.54) is 5.57 Å². The molecular formula is C20H30O3. The van der Waals surface area contributed by atoms with Crippen molar-refractivity contribution in [2.45, 2.75) is 71.8 Å². The van der Waals surface area contributed by atoms with Gasteiger partial charge in [0.25, 0.3) is 0 Å². The Labute approximate surface area is 139 Å². The van der Waals surface area contributed by atoms with E-state index in [-0.39, 0.29) is 11.3 Å². The summed E-state index contributed by atoms with van der Waals surface area (Å²) < 4.78 is 0. The van der Waals surface area contributed by atoms with Gasteiger partial charge in [0.05, 0.1) is 11.0 Å². The van der Waals surface area contributed by atoms with Crippen LogP contribution in [0.25, 0.3) is 0 Å². The lowest BCUT2D eigenvalue weighted by Gasteiger charge is -2.57. The average molecular weight is 318 g/mol. The first-order valence-corrected chi connectivity index (χ1v) is 8.96. The first-order valence-electron chi connectivity index (χ1n) is 8.96. The van der Waals surface area contributed by atoms with Gasteiger partial charge in [0.1, 0.15) is 0 Å². The van der Waals surface area contributed by atoms with E-state index in [1.54, 1.807) is 0 Å². The molecule has 3 nitrogen and oxygen atoms in total. The Bertz CT molecular complexity index is 580. The number of rotatable bonds is 2. The van der Waals surface area contributed by atoms with E-state index >= 15 is 0 Å². The van der Waals surface area contributed by atoms with Crippen molar-refractivity contribution < 1.29 is 15.0 Å². The van der Waals surface area contributed by atoms with Gasteiger partial charge in [0, 0.05) is 0 Å². The summed E-state index contributed by atoms with van der Waals surface area (Å²) in [7, 11) is 0. The maximum absolute atomic E-state index is 12.0. The SMILES string of the molecule is CC(C)(O)C1=CC2=CCC3C(C)(C(=O)O)CCCC3(C)C2CC1. The topological polar surface area (TPSA) is 57.5 Å². The molecule has 0 heterocycles. The largest absolute Gasteiger partial charge is 0.481 e. The number of aliphatic hydroxyl groups is 1. The van der Waals surface area contributed by atoms with Crippen LogP contribution in [0.2, 0.25) is 0 Å². The van der Waals surface area contributed by atoms with Crippen molar-refractivity contribution in [3.8, 4) is 0 Å². The molecule has 3 rings (SSSR count). The van der Waals surface area contributed by atoms with Crippen LogP contribution < -0.4 is 0 Å². The molecule has 23 heavy (non-hydrogen) atoms. The van der Waals surface area contributed by atoms with Crippen molar-refractivity contribution in [2.24, 2.45) is 22.7 Å². The second-order valence-electron chi connectivity index (χ2n) is 8.89. The normalized spacial score (nSPS) is 40.6. The first kappa shape index (κ1) is 16.8. The molecule has 0 aromatic rings. The predicted octanol–water partition coefficient (Wildman–Crippen LogP) is 4.32. The van der Waals surface area contributed by atoms with Crippen molar-refractivity contribution in [3.05, 3.63) is 23.3 Å². The molecule has 128 valence electrons. The highest BCUT2D eigenvalue weighted by atomic mass is 16.4. The van der Waals surface area contributed by atoms with Crippen LogP contribution in [0.15, 0.2) is 23.3 Å². The molecule has 4 unspecified atom stereocenters. The number of hydrogen-bond acceptors (Lipinski definition) is 2. The van der Waals surface area contributed by atoms with Gasteiger partial charge in [-0.3, -0.25) is 4.79 Å². The summed E-state index contributed by atoms with van der Waals surface area (Å²) in [6.45, 7) is 7.99. The van der Waals surface area contributed by atoms with E-state index in [0.29, 0.717) is 5.92 Å². The average Bonchev–Trinajstić information content (AvgIpc) is 2.45. The molecule has 3 heteroatoms. The van der Waals surface area contributed by atoms with Crippen molar-refractivity contribution in [1.82, 2.24) is 0 Å². The van der Waals surface area contributed by atoms with Crippen LogP contribution in [0.4, 0.5) is 0 Å². The summed E-state index contributed by atoms with van der Waals surface area (Å²) in [4.78, 5) is 12.0. The summed E-state index contributed by atoms with van der Waals surface area (Å²) in [5, 5.41) is 20.1. The van der Waals surface area contributed by atoms with Crippen molar-refractivity contribution in [1.29, 1.82) is 0 Å². The minimum absolute atomic E-state index is 0.0666. The van der Waals surface area contributed by atoms with E-state index in [0.717, 1.165) is 44.1 Å². The standard InChI is InChI=1S/C20H30O3/c1-18(2,23)14-7-8-15-13(12-14)6-9-16-19(15,3)10-5-11-20(16,4)17(21)22/h6,12,15-16,23H,5,7-11H2,1-4H3,(H,21,22). The van der Waals surface area contributed by atoms with Crippen molar-refractivity contribution in [3.63, 3.8) is 0 Å². The second-order valence-corrected chi connectivity index (χ2v) is 8.89. The fourth-order valence-electron chi connectivity index (χ4n) is 5.60. The van der Waals surface area contributed by atoms with Crippen molar-refractivity contribution >= 4 is 5.97 Å². The van der Waals surface area contributed by atoms with E-state index in [2.05, 4.69) is 19.1 Å².